The maximum atomic E-state index is 13.6. The Morgan fingerprint density at radius 1 is 0.706 bits per heavy atom. The Morgan fingerprint density at radius 3 is 2.00 bits per heavy atom. The summed E-state index contributed by atoms with van der Waals surface area (Å²) in [7, 11) is 1.34. The second-order valence-corrected chi connectivity index (χ2v) is 11.0. The summed E-state index contributed by atoms with van der Waals surface area (Å²) in [4.78, 5) is 60.3. The second kappa shape index (κ2) is 17.8. The topological polar surface area (TPSA) is 242 Å². The van der Waals surface area contributed by atoms with Crippen LogP contribution in [-0.4, -0.2) is 140 Å². The summed E-state index contributed by atoms with van der Waals surface area (Å²) in [6, 6.07) is 10.7. The predicted octanol–water partition coefficient (Wildman–Crippen LogP) is 2.43. The summed E-state index contributed by atoms with van der Waals surface area (Å²) in [5.74, 6) is -6.18. The predicted molar refractivity (Wildman–Crippen MR) is 172 cm³/mol. The van der Waals surface area contributed by atoms with Crippen molar-refractivity contribution in [3.8, 4) is 40.2 Å². The zero-order valence-electron chi connectivity index (χ0n) is 27.7. The van der Waals surface area contributed by atoms with Gasteiger partial charge in [-0.25, -0.2) is 0 Å². The van der Waals surface area contributed by atoms with Crippen molar-refractivity contribution in [3.63, 3.8) is 0 Å². The smallest absolute Gasteiger partial charge is 0.307 e. The van der Waals surface area contributed by atoms with Crippen LogP contribution in [0.4, 0.5) is 0 Å². The fourth-order valence-corrected chi connectivity index (χ4v) is 5.23. The average Bonchev–Trinajstić information content (AvgIpc) is 3.05. The van der Waals surface area contributed by atoms with E-state index in [-0.39, 0.29) is 112 Å². The van der Waals surface area contributed by atoms with Crippen LogP contribution in [0.1, 0.15) is 59.4 Å². The molecule has 0 aliphatic carbocycles. The van der Waals surface area contributed by atoms with E-state index < -0.39 is 84.8 Å². The number of carbonyl (C=O) groups is 5. The van der Waals surface area contributed by atoms with Crippen molar-refractivity contribution in [2.75, 3.05) is 13.7 Å². The standard InChI is InChI=1S/C33H30O16.2Na/c1-44-21-10-15(2-4-18(21)35)31-24(14-45-27(41)8-6-25(37)38)46-20-5-3-16(11-22(20)47-31)32-33(49-28(42)9-7-26(39)40)30(43)29-19(36)12-17(34)13-23(29)48-32;;/h2-5,10-13,24,31-36H,6-9,14H2,1H3,(H,37,38)(H,39,40);;/t24-,31-,32-,33+;;/m1../s1. The number of benzene rings is 3. The number of methoxy groups -OCH3 is 1. The molecule has 2 radical (unpaired) electrons. The first-order valence-electron chi connectivity index (χ1n) is 14.7. The number of esters is 2. The van der Waals surface area contributed by atoms with E-state index in [1.807, 2.05) is 0 Å². The van der Waals surface area contributed by atoms with Crippen molar-refractivity contribution in [3.05, 3.63) is 65.2 Å². The maximum Gasteiger partial charge on any atom is 0.307 e. The van der Waals surface area contributed by atoms with E-state index in [0.717, 1.165) is 12.1 Å². The van der Waals surface area contributed by atoms with Gasteiger partial charge in [-0.15, -0.1) is 0 Å². The summed E-state index contributed by atoms with van der Waals surface area (Å²) >= 11 is 0. The molecule has 0 aromatic heterocycles. The van der Waals surface area contributed by atoms with Crippen LogP contribution >= 0.6 is 0 Å². The zero-order chi connectivity index (χ0) is 35.4. The van der Waals surface area contributed by atoms with Crippen LogP contribution in [0.15, 0.2) is 48.5 Å². The third-order valence-electron chi connectivity index (χ3n) is 7.55. The third kappa shape index (κ3) is 9.78. The number of phenols is 3. The van der Waals surface area contributed by atoms with Crippen LogP contribution in [0, 0.1) is 0 Å². The number of carboxylic acids is 2. The van der Waals surface area contributed by atoms with E-state index in [9.17, 15) is 39.3 Å². The molecule has 0 amide bonds. The number of carboxylic acid groups (broad SMARTS) is 2. The molecule has 18 heteroatoms. The third-order valence-corrected chi connectivity index (χ3v) is 7.55. The van der Waals surface area contributed by atoms with E-state index in [0.29, 0.717) is 5.56 Å². The normalized spacial score (nSPS) is 18.4. The van der Waals surface area contributed by atoms with Crippen LogP contribution in [0.5, 0.6) is 40.2 Å². The van der Waals surface area contributed by atoms with Crippen molar-refractivity contribution in [1.29, 1.82) is 0 Å². The Hall–Kier alpha value is -4.19. The number of aromatic hydroxyl groups is 3. The van der Waals surface area contributed by atoms with Gasteiger partial charge in [0.05, 0.1) is 32.8 Å². The SMILES string of the molecule is COc1cc([C@H]2Oc3cc([C@H]4Oc5cc(O)cc(O)c5C(=O)[C@@H]4OC(=O)CCC(=O)O)ccc3O[C@@H]2COC(=O)CCC(=O)O)ccc1O.[Na].[Na]. The van der Waals surface area contributed by atoms with Crippen LogP contribution in [0.3, 0.4) is 0 Å². The van der Waals surface area contributed by atoms with Crippen LogP contribution in [0.2, 0.25) is 0 Å². The Labute approximate surface area is 333 Å². The number of Topliss-reactive ketones (excluding diaryl/α,β-unsaturated/α-hetero) is 1. The van der Waals surface area contributed by atoms with E-state index in [1.54, 1.807) is 0 Å². The monoisotopic (exact) mass is 728 g/mol. The number of hydrogen-bond acceptors (Lipinski definition) is 14. The summed E-state index contributed by atoms with van der Waals surface area (Å²) < 4.78 is 34.3. The minimum atomic E-state index is -1.69. The average molecular weight is 729 g/mol. The number of aliphatic carboxylic acids is 2. The Balaban J connectivity index is 0.00000351. The van der Waals surface area contributed by atoms with E-state index >= 15 is 0 Å². The molecule has 0 unspecified atom stereocenters. The molecule has 5 N–H and O–H groups in total. The fourth-order valence-electron chi connectivity index (χ4n) is 5.23. The van der Waals surface area contributed by atoms with Gasteiger partial charge in [-0.05, 0) is 24.3 Å². The van der Waals surface area contributed by atoms with Gasteiger partial charge in [0.15, 0.2) is 41.3 Å². The van der Waals surface area contributed by atoms with Crippen LogP contribution in [-0.2, 0) is 28.7 Å². The number of hydrogen-bond donors (Lipinski definition) is 5. The molecule has 260 valence electrons. The zero-order valence-corrected chi connectivity index (χ0v) is 31.7. The van der Waals surface area contributed by atoms with Gasteiger partial charge in [-0.1, -0.05) is 12.1 Å². The Morgan fingerprint density at radius 2 is 1.33 bits per heavy atom. The number of ether oxygens (including phenoxy) is 6. The molecule has 0 saturated heterocycles. The van der Waals surface area contributed by atoms with Crippen molar-refractivity contribution in [2.24, 2.45) is 0 Å². The Bertz CT molecular complexity index is 1810. The van der Waals surface area contributed by atoms with Gasteiger partial charge in [0.2, 0.25) is 11.9 Å². The first kappa shape index (κ1) is 41.2. The molecule has 16 nitrogen and oxygen atoms in total. The molecule has 0 bridgehead atoms. The van der Waals surface area contributed by atoms with E-state index in [1.165, 1.54) is 43.5 Å². The molecule has 3 aromatic carbocycles. The van der Waals surface area contributed by atoms with Gasteiger partial charge < -0.3 is 54.0 Å². The van der Waals surface area contributed by atoms with Gasteiger partial charge >= 0.3 is 23.9 Å². The first-order chi connectivity index (χ1) is 23.3. The van der Waals surface area contributed by atoms with Gasteiger partial charge in [-0.3, -0.25) is 24.0 Å². The molecule has 3 aromatic rings. The molecule has 51 heavy (non-hydrogen) atoms. The molecule has 2 aliphatic heterocycles. The summed E-state index contributed by atoms with van der Waals surface area (Å²) in [5, 5.41) is 48.4. The summed E-state index contributed by atoms with van der Waals surface area (Å²) in [6.07, 6.45) is -6.97. The molecule has 0 spiro atoms. The van der Waals surface area contributed by atoms with Crippen LogP contribution in [0.25, 0.3) is 0 Å². The molecular formula is C33H30Na2O16. The summed E-state index contributed by atoms with van der Waals surface area (Å²) in [5.41, 5.74) is 0.275. The van der Waals surface area contributed by atoms with Crippen molar-refractivity contribution in [1.82, 2.24) is 0 Å². The van der Waals surface area contributed by atoms with Crippen molar-refractivity contribution in [2.45, 2.75) is 50.1 Å². The molecule has 2 aliphatic rings. The molecule has 2 heterocycles. The van der Waals surface area contributed by atoms with E-state index in [4.69, 9.17) is 38.6 Å². The fraction of sp³-hybridized carbons (Fsp3) is 0.303. The maximum absolute atomic E-state index is 13.6. The number of ketones is 1. The van der Waals surface area contributed by atoms with Gasteiger partial charge in [0, 0.05) is 82.4 Å². The summed E-state index contributed by atoms with van der Waals surface area (Å²) in [6.45, 7) is -0.355. The number of rotatable bonds is 12. The minimum Gasteiger partial charge on any atom is -0.508 e. The van der Waals surface area contributed by atoms with Crippen LogP contribution < -0.4 is 18.9 Å². The molecule has 0 fully saturated rings. The minimum absolute atomic E-state index is 0. The number of carbonyl (C=O) groups excluding carboxylic acids is 3. The van der Waals surface area contributed by atoms with E-state index in [2.05, 4.69) is 0 Å². The quantitative estimate of drug-likeness (QED) is 0.133. The molecular weight excluding hydrogens is 698 g/mol. The van der Waals surface area contributed by atoms with Gasteiger partial charge in [0.1, 0.15) is 29.4 Å². The largest absolute Gasteiger partial charge is 0.508 e. The molecule has 0 saturated carbocycles. The van der Waals surface area contributed by atoms with Crippen molar-refractivity contribution < 1.29 is 77.9 Å². The number of phenolic OH excluding ortho intramolecular Hbond substituents is 3. The Kier molecular flexibility index (Phi) is 14.4. The first-order valence-corrected chi connectivity index (χ1v) is 14.7. The molecule has 4 atom stereocenters. The number of fused-ring (bicyclic) bond motifs is 2. The van der Waals surface area contributed by atoms with Crippen molar-refractivity contribution >= 4 is 88.8 Å². The molecule has 5 rings (SSSR count). The van der Waals surface area contributed by atoms with Gasteiger partial charge in [-0.2, -0.15) is 0 Å². The van der Waals surface area contributed by atoms with Gasteiger partial charge in [0.25, 0.3) is 0 Å². The second-order valence-electron chi connectivity index (χ2n) is 11.0.